The average Bonchev–Trinajstić information content (AvgIpc) is 3.61. The van der Waals surface area contributed by atoms with Gasteiger partial charge in [0.15, 0.2) is 17.0 Å². The molecule has 2 atom stereocenters. The van der Waals surface area contributed by atoms with Gasteiger partial charge in [-0.3, -0.25) is 4.79 Å². The highest BCUT2D eigenvalue weighted by Gasteiger charge is 2.28. The van der Waals surface area contributed by atoms with E-state index in [2.05, 4.69) is 20.7 Å². The zero-order valence-corrected chi connectivity index (χ0v) is 23.2. The fourth-order valence-corrected chi connectivity index (χ4v) is 5.62. The first-order chi connectivity index (χ1) is 20.3. The van der Waals surface area contributed by atoms with Crippen molar-refractivity contribution >= 4 is 23.2 Å². The highest BCUT2D eigenvalue weighted by atomic mass is 35.5. The molecule has 1 amide bonds. The summed E-state index contributed by atoms with van der Waals surface area (Å²) in [5.74, 6) is -0.981. The number of pyridine rings is 1. The number of carbonyl (C=O) groups excluding carboxylic acids is 1. The lowest BCUT2D eigenvalue weighted by atomic mass is 9.86. The number of alkyl halides is 2. The number of rotatable bonds is 4. The summed E-state index contributed by atoms with van der Waals surface area (Å²) in [6, 6.07) is 18.3. The molecule has 3 aromatic heterocycles. The molecule has 0 radical (unpaired) electrons. The number of para-hydroxylation sites is 1. The van der Waals surface area contributed by atoms with Gasteiger partial charge in [0.05, 0.1) is 35.4 Å². The van der Waals surface area contributed by atoms with E-state index in [-0.39, 0.29) is 34.3 Å². The molecule has 0 aliphatic carbocycles. The number of benzene rings is 2. The Balaban J connectivity index is 1.43. The molecule has 6 rings (SSSR count). The third-order valence-electron chi connectivity index (χ3n) is 7.61. The lowest BCUT2D eigenvalue weighted by molar-refractivity contribution is -0.614. The molecule has 0 unspecified atom stereocenters. The molecule has 2 bridgehead atoms. The van der Waals surface area contributed by atoms with Crippen molar-refractivity contribution in [1.82, 2.24) is 24.8 Å². The van der Waals surface area contributed by atoms with Gasteiger partial charge in [-0.15, -0.1) is 5.10 Å². The molecule has 1 N–H and O–H groups in total. The lowest BCUT2D eigenvalue weighted by Gasteiger charge is -2.21. The topological polar surface area (TPSA) is 105 Å². The van der Waals surface area contributed by atoms with E-state index >= 15 is 0 Å². The van der Waals surface area contributed by atoms with Gasteiger partial charge in [-0.05, 0) is 36.6 Å². The van der Waals surface area contributed by atoms with E-state index in [1.165, 1.54) is 12.4 Å². The summed E-state index contributed by atoms with van der Waals surface area (Å²) < 4.78 is 30.8. The predicted octanol–water partition coefficient (Wildman–Crippen LogP) is 6.37. The molecule has 0 saturated heterocycles. The highest BCUT2D eigenvalue weighted by Crippen LogP contribution is 2.37. The normalized spacial score (nSPS) is 17.3. The molecule has 5 aromatic rings. The summed E-state index contributed by atoms with van der Waals surface area (Å²) in [5.41, 5.74) is 4.26. The van der Waals surface area contributed by atoms with E-state index in [0.29, 0.717) is 46.5 Å². The molecular weight excluding hydrogens is 564 g/mol. The van der Waals surface area contributed by atoms with Crippen LogP contribution in [0.15, 0.2) is 79.3 Å². The van der Waals surface area contributed by atoms with Gasteiger partial charge < -0.3 is 10.5 Å². The minimum atomic E-state index is -2.90. The number of amides is 1. The number of nitrogens with one attached hydrogen (secondary N) is 1. The van der Waals surface area contributed by atoms with E-state index in [4.69, 9.17) is 11.6 Å². The summed E-state index contributed by atoms with van der Waals surface area (Å²) >= 11 is 5.98. The van der Waals surface area contributed by atoms with Crippen molar-refractivity contribution in [1.29, 1.82) is 0 Å². The van der Waals surface area contributed by atoms with Crippen molar-refractivity contribution < 1.29 is 18.3 Å². The van der Waals surface area contributed by atoms with Crippen LogP contribution in [-0.4, -0.2) is 30.7 Å². The second-order valence-electron chi connectivity index (χ2n) is 10.3. The molecule has 0 fully saturated rings. The zero-order valence-electron chi connectivity index (χ0n) is 22.5. The first-order valence-corrected chi connectivity index (χ1v) is 13.9. The van der Waals surface area contributed by atoms with Crippen molar-refractivity contribution in [3.05, 3.63) is 101 Å². The molecule has 1 aliphatic rings. The Bertz CT molecular complexity index is 1770. The summed E-state index contributed by atoms with van der Waals surface area (Å²) in [5, 5.41) is 28.4. The third kappa shape index (κ3) is 5.23. The van der Waals surface area contributed by atoms with Crippen LogP contribution in [-0.2, 0) is 4.79 Å². The molecule has 214 valence electrons. The van der Waals surface area contributed by atoms with Gasteiger partial charge in [0.2, 0.25) is 5.91 Å². The Morgan fingerprint density at radius 2 is 1.93 bits per heavy atom. The second-order valence-corrected chi connectivity index (χ2v) is 10.7. The number of halogens is 3. The molecule has 12 heteroatoms. The minimum Gasteiger partial charge on any atom is -0.618 e. The number of hydrogen-bond acceptors (Lipinski definition) is 5. The Morgan fingerprint density at radius 3 is 2.69 bits per heavy atom. The minimum absolute atomic E-state index is 0.113. The number of anilines is 1. The smallest absolute Gasteiger partial charge is 0.333 e. The van der Waals surface area contributed by atoms with E-state index in [9.17, 15) is 18.8 Å². The Morgan fingerprint density at radius 1 is 1.10 bits per heavy atom. The van der Waals surface area contributed by atoms with Crippen LogP contribution in [0, 0.1) is 11.1 Å². The Hall–Kier alpha value is -4.64. The summed E-state index contributed by atoms with van der Waals surface area (Å²) in [7, 11) is 0. The van der Waals surface area contributed by atoms with E-state index < -0.39 is 6.55 Å². The van der Waals surface area contributed by atoms with Crippen LogP contribution < -0.4 is 10.0 Å². The Labute approximate surface area is 244 Å². The van der Waals surface area contributed by atoms with Crippen LogP contribution in [0.2, 0.25) is 5.15 Å². The fraction of sp³-hybridized carbons (Fsp3) is 0.233. The van der Waals surface area contributed by atoms with E-state index in [1.807, 2.05) is 36.4 Å². The average molecular weight is 590 g/mol. The van der Waals surface area contributed by atoms with Crippen molar-refractivity contribution in [2.45, 2.75) is 38.7 Å². The quantitative estimate of drug-likeness (QED) is 0.194. The van der Waals surface area contributed by atoms with Crippen LogP contribution >= 0.6 is 11.6 Å². The number of carbonyl (C=O) groups is 1. The van der Waals surface area contributed by atoms with Crippen LogP contribution in [0.3, 0.4) is 0 Å². The van der Waals surface area contributed by atoms with Gasteiger partial charge in [-0.25, -0.2) is 9.36 Å². The van der Waals surface area contributed by atoms with Crippen LogP contribution in [0.4, 0.5) is 14.5 Å². The number of hydrogen-bond donors (Lipinski definition) is 1. The second kappa shape index (κ2) is 11.3. The molecule has 0 saturated carbocycles. The monoisotopic (exact) mass is 589 g/mol. The first kappa shape index (κ1) is 27.5. The van der Waals surface area contributed by atoms with Crippen molar-refractivity contribution in [3.8, 4) is 28.1 Å². The highest BCUT2D eigenvalue weighted by molar-refractivity contribution is 6.29. The molecule has 2 aromatic carbocycles. The summed E-state index contributed by atoms with van der Waals surface area (Å²) in [4.78, 5) is 12.9. The molecular formula is C30H26ClF2N7O2. The van der Waals surface area contributed by atoms with Crippen molar-refractivity contribution in [3.63, 3.8) is 0 Å². The Kier molecular flexibility index (Phi) is 7.42. The number of aromatic nitrogens is 6. The standard InChI is InChI=1S/C30H26ClF2N7O2/c1-18-6-4-10-22(19-7-5-8-20(14-19)28-24(35-29(18)41)15-34-40(28)30(32)33)26-13-12-21(16-39(26)42)23-9-2-3-11-25(23)38-17-27(31)36-37-38/h2-3,5,7-9,11-18,22,30H,4,6,10H2,1H3,(H,35,41)/t18-,22-/m0/s1. The number of nitrogens with zero attached hydrogens (tertiary/aromatic N) is 6. The molecule has 4 heterocycles. The maximum atomic E-state index is 13.9. The summed E-state index contributed by atoms with van der Waals surface area (Å²) in [6.45, 7) is -1.10. The fourth-order valence-electron chi connectivity index (χ4n) is 5.49. The SMILES string of the molecule is C[C@H]1CCC[C@H](c2ccc(-c3ccccc3-n3cc(Cl)nn3)c[n+]2[O-])c2cccc(c2)-c2c(cnn2C(F)F)NC1=O. The lowest BCUT2D eigenvalue weighted by Crippen LogP contribution is -2.34. The van der Waals surface area contributed by atoms with Crippen molar-refractivity contribution in [2.24, 2.45) is 5.92 Å². The van der Waals surface area contributed by atoms with Crippen LogP contribution in [0.25, 0.3) is 28.1 Å². The van der Waals surface area contributed by atoms with Gasteiger partial charge in [-0.1, -0.05) is 66.6 Å². The molecule has 1 aliphatic heterocycles. The van der Waals surface area contributed by atoms with E-state index in [0.717, 1.165) is 15.9 Å². The summed E-state index contributed by atoms with van der Waals surface area (Å²) in [6.07, 6.45) is 6.17. The zero-order chi connectivity index (χ0) is 29.4. The maximum Gasteiger partial charge on any atom is 0.333 e. The molecule has 0 spiro atoms. The van der Waals surface area contributed by atoms with Crippen LogP contribution in [0.1, 0.15) is 49.9 Å². The maximum absolute atomic E-state index is 13.9. The molecule has 42 heavy (non-hydrogen) atoms. The predicted molar refractivity (Wildman–Crippen MR) is 153 cm³/mol. The molecule has 9 nitrogen and oxygen atoms in total. The number of fused-ring (bicyclic) bond motifs is 4. The van der Waals surface area contributed by atoms with Gasteiger partial charge >= 0.3 is 6.55 Å². The van der Waals surface area contributed by atoms with Gasteiger partial charge in [0, 0.05) is 28.7 Å². The van der Waals surface area contributed by atoms with Gasteiger partial charge in [0.25, 0.3) is 0 Å². The van der Waals surface area contributed by atoms with Crippen molar-refractivity contribution in [2.75, 3.05) is 5.32 Å². The largest absolute Gasteiger partial charge is 0.618 e. The first-order valence-electron chi connectivity index (χ1n) is 13.5. The van der Waals surface area contributed by atoms with Gasteiger partial charge in [-0.2, -0.15) is 18.6 Å². The van der Waals surface area contributed by atoms with E-state index in [1.54, 1.807) is 42.1 Å². The van der Waals surface area contributed by atoms with Crippen LogP contribution in [0.5, 0.6) is 0 Å². The van der Waals surface area contributed by atoms with Gasteiger partial charge in [0.1, 0.15) is 0 Å². The third-order valence-corrected chi connectivity index (χ3v) is 7.78.